The number of rotatable bonds is 6. The van der Waals surface area contributed by atoms with Gasteiger partial charge in [-0.15, -0.1) is 0 Å². The molecule has 2 aromatic rings. The number of aryl methyl sites for hydroxylation is 2. The lowest BCUT2D eigenvalue weighted by molar-refractivity contribution is -0.143. The van der Waals surface area contributed by atoms with Gasteiger partial charge in [-0.2, -0.15) is 0 Å². The minimum atomic E-state index is -1.06. The molecule has 1 amide bonds. The van der Waals surface area contributed by atoms with Crippen molar-refractivity contribution >= 4 is 22.9 Å². The van der Waals surface area contributed by atoms with E-state index in [0.29, 0.717) is 17.5 Å². The molecule has 3 N–H and O–H groups in total. The number of benzene rings is 1. The van der Waals surface area contributed by atoms with Crippen LogP contribution in [-0.4, -0.2) is 32.6 Å². The molecule has 25 heavy (non-hydrogen) atoms. The average Bonchev–Trinajstić information content (AvgIpc) is 2.55. The first-order valence-electron chi connectivity index (χ1n) is 7.95. The molecule has 0 radical (unpaired) electrons. The standard InChI is InChI=1S/C17H21N3O5/c1-9(2)14(17(24)25)19-13(21)7-5-10-4-6-12-11(8-10)18-15(22)16(23)20(12)3/h4,6,8-9,14H,5,7H2,1-3H3,(H,18,22)(H,19,21)(H,24,25)/t14-/m1/s1. The Bertz CT molecular complexity index is 926. The summed E-state index contributed by atoms with van der Waals surface area (Å²) in [6.45, 7) is 3.45. The molecule has 0 unspecified atom stereocenters. The second kappa shape index (κ2) is 7.33. The maximum atomic E-state index is 12.0. The van der Waals surface area contributed by atoms with Crippen molar-refractivity contribution in [1.29, 1.82) is 0 Å². The third-order valence-electron chi connectivity index (χ3n) is 4.06. The summed E-state index contributed by atoms with van der Waals surface area (Å²) in [6.07, 6.45) is 0.509. The first-order chi connectivity index (χ1) is 11.7. The van der Waals surface area contributed by atoms with Crippen LogP contribution < -0.4 is 16.4 Å². The second-order valence-electron chi connectivity index (χ2n) is 6.30. The van der Waals surface area contributed by atoms with Crippen LogP contribution in [0.2, 0.25) is 0 Å². The van der Waals surface area contributed by atoms with E-state index in [-0.39, 0.29) is 18.2 Å². The van der Waals surface area contributed by atoms with E-state index in [4.69, 9.17) is 5.11 Å². The largest absolute Gasteiger partial charge is 0.480 e. The van der Waals surface area contributed by atoms with Crippen LogP contribution in [0.5, 0.6) is 0 Å². The van der Waals surface area contributed by atoms with Gasteiger partial charge in [0.15, 0.2) is 0 Å². The molecule has 1 atom stereocenters. The van der Waals surface area contributed by atoms with Crippen LogP contribution in [0.4, 0.5) is 0 Å². The zero-order valence-corrected chi connectivity index (χ0v) is 14.3. The average molecular weight is 347 g/mol. The van der Waals surface area contributed by atoms with Gasteiger partial charge >= 0.3 is 17.1 Å². The SMILES string of the molecule is CC(C)[C@@H](NC(=O)CCc1ccc2c(c1)[nH]c(=O)c(=O)n2C)C(=O)O. The molecule has 8 nitrogen and oxygen atoms in total. The van der Waals surface area contributed by atoms with Crippen LogP contribution in [-0.2, 0) is 23.1 Å². The van der Waals surface area contributed by atoms with Crippen molar-refractivity contribution in [2.24, 2.45) is 13.0 Å². The lowest BCUT2D eigenvalue weighted by Gasteiger charge is -2.17. The van der Waals surface area contributed by atoms with Crippen molar-refractivity contribution < 1.29 is 14.7 Å². The predicted octanol–water partition coefficient (Wildman–Crippen LogP) is 0.385. The number of hydrogen-bond acceptors (Lipinski definition) is 4. The fraction of sp³-hybridized carbons (Fsp3) is 0.412. The van der Waals surface area contributed by atoms with E-state index in [1.54, 1.807) is 32.0 Å². The Hall–Kier alpha value is -2.90. The smallest absolute Gasteiger partial charge is 0.326 e. The molecule has 0 aliphatic rings. The van der Waals surface area contributed by atoms with Gasteiger partial charge in [0.2, 0.25) is 5.91 Å². The highest BCUT2D eigenvalue weighted by Crippen LogP contribution is 2.12. The zero-order chi connectivity index (χ0) is 18.7. The monoisotopic (exact) mass is 347 g/mol. The van der Waals surface area contributed by atoms with E-state index in [1.807, 2.05) is 0 Å². The number of carboxylic acid groups (broad SMARTS) is 1. The molecule has 2 rings (SSSR count). The lowest BCUT2D eigenvalue weighted by atomic mass is 10.0. The van der Waals surface area contributed by atoms with E-state index in [1.165, 1.54) is 11.6 Å². The summed E-state index contributed by atoms with van der Waals surface area (Å²) in [6, 6.07) is 4.26. The van der Waals surface area contributed by atoms with Crippen LogP contribution in [0.15, 0.2) is 27.8 Å². The maximum Gasteiger partial charge on any atom is 0.326 e. The van der Waals surface area contributed by atoms with Gasteiger partial charge in [0.05, 0.1) is 11.0 Å². The Labute approximate surface area is 143 Å². The number of carboxylic acids is 1. The van der Waals surface area contributed by atoms with Gasteiger partial charge in [0.25, 0.3) is 0 Å². The molecule has 0 bridgehead atoms. The normalized spacial score (nSPS) is 12.3. The molecule has 0 fully saturated rings. The summed E-state index contributed by atoms with van der Waals surface area (Å²) in [5.41, 5.74) is 0.562. The van der Waals surface area contributed by atoms with Crippen molar-refractivity contribution in [3.05, 3.63) is 44.5 Å². The van der Waals surface area contributed by atoms with Crippen molar-refractivity contribution in [2.75, 3.05) is 0 Å². The van der Waals surface area contributed by atoms with Gasteiger partial charge in [-0.3, -0.25) is 14.4 Å². The Kier molecular flexibility index (Phi) is 5.41. The molecule has 8 heteroatoms. The highest BCUT2D eigenvalue weighted by Gasteiger charge is 2.23. The molecule has 0 aliphatic heterocycles. The van der Waals surface area contributed by atoms with E-state index in [0.717, 1.165) is 5.56 Å². The third-order valence-corrected chi connectivity index (χ3v) is 4.06. The summed E-state index contributed by atoms with van der Waals surface area (Å²) in [7, 11) is 1.52. The summed E-state index contributed by atoms with van der Waals surface area (Å²) in [5.74, 6) is -1.63. The molecule has 0 aliphatic carbocycles. The van der Waals surface area contributed by atoms with Gasteiger partial charge in [0.1, 0.15) is 6.04 Å². The van der Waals surface area contributed by atoms with Crippen LogP contribution in [0.1, 0.15) is 25.8 Å². The first kappa shape index (κ1) is 18.4. The van der Waals surface area contributed by atoms with E-state index in [2.05, 4.69) is 10.3 Å². The molecule has 134 valence electrons. The number of hydrogen-bond donors (Lipinski definition) is 3. The molecular formula is C17H21N3O5. The van der Waals surface area contributed by atoms with E-state index < -0.39 is 23.1 Å². The van der Waals surface area contributed by atoms with Gasteiger partial charge in [-0.05, 0) is 30.0 Å². The minimum absolute atomic E-state index is 0.123. The topological polar surface area (TPSA) is 121 Å². The predicted molar refractivity (Wildman–Crippen MR) is 92.5 cm³/mol. The molecule has 0 saturated heterocycles. The number of amides is 1. The molecule has 0 spiro atoms. The molecule has 1 aromatic heterocycles. The molecule has 1 aromatic carbocycles. The summed E-state index contributed by atoms with van der Waals surface area (Å²) in [5, 5.41) is 11.6. The molecular weight excluding hydrogens is 326 g/mol. The van der Waals surface area contributed by atoms with Crippen molar-refractivity contribution in [3.63, 3.8) is 0 Å². The van der Waals surface area contributed by atoms with Crippen LogP contribution in [0.3, 0.4) is 0 Å². The van der Waals surface area contributed by atoms with Crippen molar-refractivity contribution in [2.45, 2.75) is 32.7 Å². The van der Waals surface area contributed by atoms with Crippen LogP contribution in [0, 0.1) is 5.92 Å². The van der Waals surface area contributed by atoms with Crippen LogP contribution in [0.25, 0.3) is 11.0 Å². The highest BCUT2D eigenvalue weighted by molar-refractivity contribution is 5.84. The van der Waals surface area contributed by atoms with Gasteiger partial charge in [-0.1, -0.05) is 19.9 Å². The number of carbonyl (C=O) groups is 2. The summed E-state index contributed by atoms with van der Waals surface area (Å²) < 4.78 is 1.27. The zero-order valence-electron chi connectivity index (χ0n) is 14.3. The Morgan fingerprint density at radius 2 is 1.96 bits per heavy atom. The molecule has 0 saturated carbocycles. The third kappa shape index (κ3) is 4.14. The minimum Gasteiger partial charge on any atom is -0.480 e. The number of carbonyl (C=O) groups excluding carboxylic acids is 1. The van der Waals surface area contributed by atoms with Crippen molar-refractivity contribution in [3.8, 4) is 0 Å². The fourth-order valence-corrected chi connectivity index (χ4v) is 2.59. The number of fused-ring (bicyclic) bond motifs is 1. The van der Waals surface area contributed by atoms with Gasteiger partial charge < -0.3 is 20.0 Å². The Morgan fingerprint density at radius 3 is 2.56 bits per heavy atom. The fourth-order valence-electron chi connectivity index (χ4n) is 2.59. The number of aromatic nitrogens is 2. The quantitative estimate of drug-likeness (QED) is 0.653. The Morgan fingerprint density at radius 1 is 1.28 bits per heavy atom. The number of nitrogens with zero attached hydrogens (tertiary/aromatic N) is 1. The lowest BCUT2D eigenvalue weighted by Crippen LogP contribution is -2.44. The van der Waals surface area contributed by atoms with Crippen LogP contribution >= 0.6 is 0 Å². The number of aromatic amines is 1. The number of nitrogens with one attached hydrogen (secondary N) is 2. The Balaban J connectivity index is 2.12. The van der Waals surface area contributed by atoms with Gasteiger partial charge in [0, 0.05) is 13.5 Å². The van der Waals surface area contributed by atoms with E-state index in [9.17, 15) is 19.2 Å². The number of aliphatic carboxylic acids is 1. The van der Waals surface area contributed by atoms with Crippen molar-refractivity contribution in [1.82, 2.24) is 14.9 Å². The maximum absolute atomic E-state index is 12.0. The summed E-state index contributed by atoms with van der Waals surface area (Å²) in [4.78, 5) is 48.8. The summed E-state index contributed by atoms with van der Waals surface area (Å²) >= 11 is 0. The van der Waals surface area contributed by atoms with Gasteiger partial charge in [-0.25, -0.2) is 4.79 Å². The first-order valence-corrected chi connectivity index (χ1v) is 7.95. The highest BCUT2D eigenvalue weighted by atomic mass is 16.4. The van der Waals surface area contributed by atoms with E-state index >= 15 is 0 Å². The number of H-pyrrole nitrogens is 1. The molecule has 1 heterocycles. The second-order valence-corrected chi connectivity index (χ2v) is 6.30.